The van der Waals surface area contributed by atoms with E-state index in [-0.39, 0.29) is 18.4 Å². The minimum absolute atomic E-state index is 0.0852. The third kappa shape index (κ3) is 5.34. The van der Waals surface area contributed by atoms with E-state index in [1.807, 2.05) is 31.2 Å². The lowest BCUT2D eigenvalue weighted by Crippen LogP contribution is -2.20. The number of ether oxygens (including phenoxy) is 1. The maximum Gasteiger partial charge on any atom is 0.262 e. The molecule has 6 heteroatoms. The summed E-state index contributed by atoms with van der Waals surface area (Å²) < 4.78 is 5.53. The van der Waals surface area contributed by atoms with E-state index in [0.29, 0.717) is 27.7 Å². The van der Waals surface area contributed by atoms with Gasteiger partial charge in [0, 0.05) is 22.0 Å². The highest BCUT2D eigenvalue weighted by molar-refractivity contribution is 6.31. The molecule has 0 aliphatic carbocycles. The molecule has 0 saturated carbocycles. The van der Waals surface area contributed by atoms with Gasteiger partial charge in [-0.3, -0.25) is 9.59 Å². The second-order valence-corrected chi connectivity index (χ2v) is 6.58. The van der Waals surface area contributed by atoms with Crippen LogP contribution in [-0.4, -0.2) is 18.4 Å². The predicted octanol–water partition coefficient (Wildman–Crippen LogP) is 4.92. The van der Waals surface area contributed by atoms with E-state index in [0.717, 1.165) is 5.56 Å². The largest absolute Gasteiger partial charge is 0.483 e. The molecule has 0 atom stereocenters. The van der Waals surface area contributed by atoms with Crippen LogP contribution in [0.2, 0.25) is 5.02 Å². The fraction of sp³-hybridized carbons (Fsp3) is 0.0909. The summed E-state index contributed by atoms with van der Waals surface area (Å²) in [6.45, 7) is 1.84. The Bertz CT molecular complexity index is 987. The minimum atomic E-state index is -0.265. The Morgan fingerprint density at radius 2 is 1.57 bits per heavy atom. The summed E-state index contributed by atoms with van der Waals surface area (Å²) in [7, 11) is 0. The molecule has 0 unspecified atom stereocenters. The molecule has 0 aromatic heterocycles. The quantitative estimate of drug-likeness (QED) is 0.623. The molecule has 28 heavy (non-hydrogen) atoms. The van der Waals surface area contributed by atoms with E-state index in [4.69, 9.17) is 16.3 Å². The molecule has 0 heterocycles. The van der Waals surface area contributed by atoms with E-state index in [2.05, 4.69) is 10.6 Å². The topological polar surface area (TPSA) is 67.4 Å². The van der Waals surface area contributed by atoms with Crippen LogP contribution < -0.4 is 15.4 Å². The zero-order valence-electron chi connectivity index (χ0n) is 15.2. The molecule has 5 nitrogen and oxygen atoms in total. The number of carbonyl (C=O) groups excluding carboxylic acids is 2. The molecule has 3 aromatic rings. The van der Waals surface area contributed by atoms with Gasteiger partial charge in [0.15, 0.2) is 6.61 Å². The molecule has 142 valence electrons. The Labute approximate surface area is 168 Å². The maximum atomic E-state index is 12.2. The monoisotopic (exact) mass is 394 g/mol. The number of aryl methyl sites for hydroxylation is 1. The van der Waals surface area contributed by atoms with Crippen LogP contribution in [0.3, 0.4) is 0 Å². The lowest BCUT2D eigenvalue weighted by atomic mass is 10.2. The van der Waals surface area contributed by atoms with Crippen molar-refractivity contribution in [2.24, 2.45) is 0 Å². The van der Waals surface area contributed by atoms with Gasteiger partial charge in [0.05, 0.1) is 0 Å². The van der Waals surface area contributed by atoms with Gasteiger partial charge >= 0.3 is 0 Å². The normalized spacial score (nSPS) is 10.2. The van der Waals surface area contributed by atoms with Crippen molar-refractivity contribution < 1.29 is 14.3 Å². The Hall–Kier alpha value is -3.31. The molecule has 2 amide bonds. The van der Waals surface area contributed by atoms with Crippen LogP contribution >= 0.6 is 11.6 Å². The second kappa shape index (κ2) is 9.06. The fourth-order valence-electron chi connectivity index (χ4n) is 2.53. The Morgan fingerprint density at radius 1 is 0.893 bits per heavy atom. The van der Waals surface area contributed by atoms with Crippen LogP contribution in [0.1, 0.15) is 15.9 Å². The Kier molecular flexibility index (Phi) is 6.29. The fourth-order valence-corrected chi connectivity index (χ4v) is 2.72. The molecule has 0 aliphatic rings. The number of carbonyl (C=O) groups is 2. The van der Waals surface area contributed by atoms with E-state index in [1.165, 1.54) is 0 Å². The van der Waals surface area contributed by atoms with Crippen molar-refractivity contribution in [3.8, 4) is 5.75 Å². The molecule has 0 spiro atoms. The first kappa shape index (κ1) is 19.5. The standard InChI is InChI=1S/C22H19ClN2O3/c1-15-5-2-3-8-20(15)28-14-21(26)24-18-9-11-19(12-10-18)25-22(27)16-6-4-7-17(23)13-16/h2-13H,14H2,1H3,(H,24,26)(H,25,27). The maximum absolute atomic E-state index is 12.2. The highest BCUT2D eigenvalue weighted by atomic mass is 35.5. The van der Waals surface area contributed by atoms with Crippen molar-refractivity contribution >= 4 is 34.8 Å². The Balaban J connectivity index is 1.53. The summed E-state index contributed by atoms with van der Waals surface area (Å²) >= 11 is 5.90. The van der Waals surface area contributed by atoms with Gasteiger partial charge in [-0.15, -0.1) is 0 Å². The SMILES string of the molecule is Cc1ccccc1OCC(=O)Nc1ccc(NC(=O)c2cccc(Cl)c2)cc1. The van der Waals surface area contributed by atoms with Gasteiger partial charge < -0.3 is 15.4 Å². The average molecular weight is 395 g/mol. The molecular weight excluding hydrogens is 376 g/mol. The summed E-state index contributed by atoms with van der Waals surface area (Å²) in [5.41, 5.74) is 2.66. The molecule has 0 aliphatic heterocycles. The van der Waals surface area contributed by atoms with Gasteiger partial charge in [0.25, 0.3) is 11.8 Å². The van der Waals surface area contributed by atoms with Crippen molar-refractivity contribution in [2.45, 2.75) is 6.92 Å². The first-order valence-electron chi connectivity index (χ1n) is 8.66. The van der Waals surface area contributed by atoms with E-state index in [1.54, 1.807) is 48.5 Å². The van der Waals surface area contributed by atoms with Crippen LogP contribution in [0.5, 0.6) is 5.75 Å². The first-order chi connectivity index (χ1) is 13.5. The van der Waals surface area contributed by atoms with E-state index < -0.39 is 0 Å². The smallest absolute Gasteiger partial charge is 0.262 e. The lowest BCUT2D eigenvalue weighted by Gasteiger charge is -2.10. The molecule has 0 radical (unpaired) electrons. The van der Waals surface area contributed by atoms with Crippen LogP contribution in [-0.2, 0) is 4.79 Å². The Morgan fingerprint density at radius 3 is 2.25 bits per heavy atom. The average Bonchev–Trinajstić information content (AvgIpc) is 2.69. The third-order valence-electron chi connectivity index (χ3n) is 3.97. The van der Waals surface area contributed by atoms with Gasteiger partial charge in [0.2, 0.25) is 0 Å². The van der Waals surface area contributed by atoms with E-state index >= 15 is 0 Å². The molecule has 3 rings (SSSR count). The van der Waals surface area contributed by atoms with Gasteiger partial charge in [-0.25, -0.2) is 0 Å². The van der Waals surface area contributed by atoms with Crippen LogP contribution in [0.4, 0.5) is 11.4 Å². The highest BCUT2D eigenvalue weighted by Gasteiger charge is 2.08. The molecule has 0 saturated heterocycles. The number of amides is 2. The predicted molar refractivity (Wildman–Crippen MR) is 111 cm³/mol. The van der Waals surface area contributed by atoms with Crippen LogP contribution in [0.15, 0.2) is 72.8 Å². The zero-order chi connectivity index (χ0) is 19.9. The van der Waals surface area contributed by atoms with Gasteiger partial charge in [-0.2, -0.15) is 0 Å². The molecule has 2 N–H and O–H groups in total. The summed E-state index contributed by atoms with van der Waals surface area (Å²) in [5.74, 6) is 0.154. The number of benzene rings is 3. The van der Waals surface area contributed by atoms with Crippen molar-refractivity contribution in [1.29, 1.82) is 0 Å². The van der Waals surface area contributed by atoms with Crippen molar-refractivity contribution in [2.75, 3.05) is 17.2 Å². The third-order valence-corrected chi connectivity index (χ3v) is 4.20. The van der Waals surface area contributed by atoms with Crippen LogP contribution in [0.25, 0.3) is 0 Å². The van der Waals surface area contributed by atoms with E-state index in [9.17, 15) is 9.59 Å². The minimum Gasteiger partial charge on any atom is -0.483 e. The number of halogens is 1. The van der Waals surface area contributed by atoms with Gasteiger partial charge in [-0.1, -0.05) is 35.9 Å². The molecule has 3 aromatic carbocycles. The summed E-state index contributed by atoms with van der Waals surface area (Å²) in [4.78, 5) is 24.3. The number of para-hydroxylation sites is 1. The summed E-state index contributed by atoms with van der Waals surface area (Å²) in [5, 5.41) is 6.04. The van der Waals surface area contributed by atoms with Gasteiger partial charge in [0.1, 0.15) is 5.75 Å². The van der Waals surface area contributed by atoms with Crippen LogP contribution in [0, 0.1) is 6.92 Å². The van der Waals surface area contributed by atoms with Crippen molar-refractivity contribution in [3.05, 3.63) is 88.9 Å². The molecule has 0 bridgehead atoms. The number of hydrogen-bond donors (Lipinski definition) is 2. The number of nitrogens with one attached hydrogen (secondary N) is 2. The summed E-state index contributed by atoms with van der Waals surface area (Å²) in [6, 6.07) is 21.0. The lowest BCUT2D eigenvalue weighted by molar-refractivity contribution is -0.118. The summed E-state index contributed by atoms with van der Waals surface area (Å²) in [6.07, 6.45) is 0. The number of rotatable bonds is 6. The zero-order valence-corrected chi connectivity index (χ0v) is 16.0. The second-order valence-electron chi connectivity index (χ2n) is 6.14. The van der Waals surface area contributed by atoms with Crippen molar-refractivity contribution in [1.82, 2.24) is 0 Å². The molecular formula is C22H19ClN2O3. The highest BCUT2D eigenvalue weighted by Crippen LogP contribution is 2.18. The first-order valence-corrected chi connectivity index (χ1v) is 9.04. The van der Waals surface area contributed by atoms with Gasteiger partial charge in [-0.05, 0) is 61.0 Å². The number of anilines is 2. The number of hydrogen-bond acceptors (Lipinski definition) is 3. The molecule has 0 fully saturated rings. The van der Waals surface area contributed by atoms with Crippen molar-refractivity contribution in [3.63, 3.8) is 0 Å².